The predicted octanol–water partition coefficient (Wildman–Crippen LogP) is 16.8. The van der Waals surface area contributed by atoms with Crippen LogP contribution in [0.1, 0.15) is 24.5 Å². The minimum absolute atomic E-state index is 0.00690. The van der Waals surface area contributed by atoms with Gasteiger partial charge in [0.2, 0.25) is 0 Å². The third kappa shape index (κ3) is 5.60. The first-order valence-electron chi connectivity index (χ1n) is 23.7. The molecular weight excluding hydrogens is 845 g/mol. The Balaban J connectivity index is 1.06. The number of furan rings is 2. The van der Waals surface area contributed by atoms with Gasteiger partial charge in [-0.3, -0.25) is 4.57 Å². The summed E-state index contributed by atoms with van der Waals surface area (Å²) in [4.78, 5) is 11.5. The van der Waals surface area contributed by atoms with E-state index in [9.17, 15) is 0 Å². The number of aliphatic imine (C=N–C) groups is 2. The van der Waals surface area contributed by atoms with Crippen molar-refractivity contribution in [1.29, 1.82) is 0 Å². The second-order valence-corrected chi connectivity index (χ2v) is 18.5. The predicted molar refractivity (Wildman–Crippen MR) is 287 cm³/mol. The maximum atomic E-state index is 6.74. The van der Waals surface area contributed by atoms with Gasteiger partial charge >= 0.3 is 0 Å². The molecule has 0 radical (unpaired) electrons. The Labute approximate surface area is 394 Å². The number of hydrogen-bond donors (Lipinski definition) is 0. The van der Waals surface area contributed by atoms with Crippen LogP contribution in [0.3, 0.4) is 0 Å². The summed E-state index contributed by atoms with van der Waals surface area (Å²) in [5.41, 5.74) is 11.5. The van der Waals surface area contributed by atoms with E-state index in [2.05, 4.69) is 204 Å². The maximum absolute atomic E-state index is 6.74. The van der Waals surface area contributed by atoms with Crippen molar-refractivity contribution in [2.75, 3.05) is 0 Å². The molecule has 0 saturated heterocycles. The molecule has 1 aliphatic heterocycles. The molecule has 0 aliphatic carbocycles. The monoisotopic (exact) mass is 884 g/mol. The zero-order valence-corrected chi connectivity index (χ0v) is 37.5. The van der Waals surface area contributed by atoms with Crippen molar-refractivity contribution < 1.29 is 8.83 Å². The summed E-state index contributed by atoms with van der Waals surface area (Å²) in [7, 11) is 0. The summed E-state index contributed by atoms with van der Waals surface area (Å²) in [6.45, 7) is 2.29. The van der Waals surface area contributed by atoms with Gasteiger partial charge in [0.15, 0.2) is 5.84 Å². The van der Waals surface area contributed by atoms with Gasteiger partial charge < -0.3 is 13.4 Å². The molecular formula is C63H40N4O2. The SMILES string of the molecule is CC1C/C=C(c2ccc3oc4ccccc4c3c2-n2c3cc4ccccc4cc3c3c4ccccc4ccc32)/N=C(c2ccc3c(c2)oc2ccccc23)\N=C/1n1c2ccccc2c2ccccc21. The number of aromatic nitrogens is 2. The Kier molecular flexibility index (Phi) is 8.01. The fourth-order valence-corrected chi connectivity index (χ4v) is 11.4. The molecule has 0 N–H and O–H groups in total. The number of amidine groups is 1. The first kappa shape index (κ1) is 38.1. The minimum atomic E-state index is -0.00690. The summed E-state index contributed by atoms with van der Waals surface area (Å²) >= 11 is 0. The summed E-state index contributed by atoms with van der Waals surface area (Å²) in [6, 6.07) is 71.4. The largest absolute Gasteiger partial charge is 0.456 e. The molecule has 1 unspecified atom stereocenters. The average Bonchev–Trinajstić information content (AvgIpc) is 4.14. The number of nitrogens with zero attached hydrogens (tertiary/aromatic N) is 4. The van der Waals surface area contributed by atoms with Crippen LogP contribution in [-0.4, -0.2) is 20.8 Å². The van der Waals surface area contributed by atoms with Gasteiger partial charge in [-0.1, -0.05) is 146 Å². The molecule has 4 aromatic heterocycles. The van der Waals surface area contributed by atoms with Crippen LogP contribution in [0.4, 0.5) is 0 Å². The molecule has 0 spiro atoms. The third-order valence-electron chi connectivity index (χ3n) is 14.5. The Morgan fingerprint density at radius 3 is 1.83 bits per heavy atom. The van der Waals surface area contributed by atoms with Crippen LogP contribution in [0.5, 0.6) is 0 Å². The molecule has 69 heavy (non-hydrogen) atoms. The van der Waals surface area contributed by atoms with Crippen LogP contribution in [0.2, 0.25) is 0 Å². The van der Waals surface area contributed by atoms with E-state index in [4.69, 9.17) is 18.8 Å². The van der Waals surface area contributed by atoms with Crippen molar-refractivity contribution in [2.45, 2.75) is 13.3 Å². The number of fused-ring (bicyclic) bond motifs is 15. The molecule has 324 valence electrons. The lowest BCUT2D eigenvalue weighted by molar-refractivity contribution is 0.668. The van der Waals surface area contributed by atoms with Gasteiger partial charge in [-0.2, -0.15) is 0 Å². The van der Waals surface area contributed by atoms with Crippen LogP contribution >= 0.6 is 0 Å². The van der Waals surface area contributed by atoms with Gasteiger partial charge in [-0.05, 0) is 94.7 Å². The van der Waals surface area contributed by atoms with Gasteiger partial charge in [0, 0.05) is 54.7 Å². The summed E-state index contributed by atoms with van der Waals surface area (Å²) in [5.74, 6) is 1.53. The van der Waals surface area contributed by atoms with Crippen molar-refractivity contribution in [3.05, 3.63) is 217 Å². The maximum Gasteiger partial charge on any atom is 0.161 e. The highest BCUT2D eigenvalue weighted by molar-refractivity contribution is 6.25. The van der Waals surface area contributed by atoms with Crippen molar-refractivity contribution in [3.8, 4) is 5.69 Å². The second-order valence-electron chi connectivity index (χ2n) is 18.5. The van der Waals surface area contributed by atoms with Crippen LogP contribution in [0, 0.1) is 5.92 Å². The quantitative estimate of drug-likeness (QED) is 0.177. The third-order valence-corrected chi connectivity index (χ3v) is 14.5. The second kappa shape index (κ2) is 14.5. The molecule has 14 aromatic rings. The Morgan fingerprint density at radius 2 is 1.04 bits per heavy atom. The fourth-order valence-electron chi connectivity index (χ4n) is 11.4. The van der Waals surface area contributed by atoms with E-state index >= 15 is 0 Å². The minimum Gasteiger partial charge on any atom is -0.456 e. The molecule has 5 heterocycles. The lowest BCUT2D eigenvalue weighted by Gasteiger charge is -2.22. The summed E-state index contributed by atoms with van der Waals surface area (Å²) < 4.78 is 18.1. The Bertz CT molecular complexity index is 4560. The normalized spacial score (nSPS) is 17.1. The fraction of sp³-hybridized carbons (Fsp3) is 0.0476. The molecule has 6 heteroatoms. The molecule has 1 atom stereocenters. The topological polar surface area (TPSA) is 60.9 Å². The van der Waals surface area contributed by atoms with Crippen LogP contribution in [-0.2, 0) is 0 Å². The highest BCUT2D eigenvalue weighted by Gasteiger charge is 2.27. The van der Waals surface area contributed by atoms with Crippen LogP contribution < -0.4 is 0 Å². The molecule has 0 saturated carbocycles. The van der Waals surface area contributed by atoms with Gasteiger partial charge in [0.25, 0.3) is 0 Å². The van der Waals surface area contributed by atoms with E-state index in [1.54, 1.807) is 0 Å². The highest BCUT2D eigenvalue weighted by atomic mass is 16.3. The number of benzene rings is 10. The lowest BCUT2D eigenvalue weighted by atomic mass is 9.98. The van der Waals surface area contributed by atoms with E-state index in [1.165, 1.54) is 43.1 Å². The van der Waals surface area contributed by atoms with E-state index < -0.39 is 0 Å². The molecule has 0 fully saturated rings. The smallest absolute Gasteiger partial charge is 0.161 e. The van der Waals surface area contributed by atoms with E-state index in [1.807, 2.05) is 18.2 Å². The standard InChI is InChI=1S/C63H40N4O2/c1-37-26-31-50(64-62(41-27-29-46-45-20-8-12-24-55(45)69-58(46)36-41)65-63(37)67-51-22-10-6-18-43(51)44-19-7-11-23-52(44)67)47-30-33-57-60(48-21-9-13-25-56(48)68-57)61(47)66-53-32-28-38-14-4-5-17-42(38)59(53)49-34-39-15-2-3-16-40(39)35-54(49)66/h2-25,27-37H,26H2,1H3/b50-31+,64-62-,65-63+. The summed E-state index contributed by atoms with van der Waals surface area (Å²) in [6.07, 6.45) is 3.03. The van der Waals surface area contributed by atoms with Gasteiger partial charge in [-0.25, -0.2) is 9.98 Å². The van der Waals surface area contributed by atoms with Crippen molar-refractivity contribution in [3.63, 3.8) is 0 Å². The van der Waals surface area contributed by atoms with E-state index in [0.29, 0.717) is 12.3 Å². The average molecular weight is 885 g/mol. The van der Waals surface area contributed by atoms with Gasteiger partial charge in [0.1, 0.15) is 28.2 Å². The van der Waals surface area contributed by atoms with Crippen molar-refractivity contribution >= 4 is 126 Å². The van der Waals surface area contributed by atoms with Gasteiger partial charge in [0.05, 0.1) is 38.8 Å². The molecule has 6 nitrogen and oxygen atoms in total. The molecule has 0 bridgehead atoms. The van der Waals surface area contributed by atoms with Crippen LogP contribution in [0.25, 0.3) is 120 Å². The van der Waals surface area contributed by atoms with Gasteiger partial charge in [-0.15, -0.1) is 0 Å². The Hall–Kier alpha value is -9.00. The molecule has 1 aliphatic rings. The number of hydrogen-bond acceptors (Lipinski definition) is 4. The summed E-state index contributed by atoms with van der Waals surface area (Å²) in [5, 5.41) is 13.8. The zero-order valence-electron chi connectivity index (χ0n) is 37.5. The van der Waals surface area contributed by atoms with Crippen molar-refractivity contribution in [2.24, 2.45) is 15.9 Å². The van der Waals surface area contributed by atoms with E-state index in [0.717, 1.165) is 94.3 Å². The molecule has 15 rings (SSSR count). The Morgan fingerprint density at radius 1 is 0.420 bits per heavy atom. The number of allylic oxidation sites excluding steroid dienone is 1. The first-order valence-corrected chi connectivity index (χ1v) is 23.7. The van der Waals surface area contributed by atoms with Crippen molar-refractivity contribution in [1.82, 2.24) is 9.13 Å². The van der Waals surface area contributed by atoms with Crippen LogP contribution in [0.15, 0.2) is 225 Å². The zero-order chi connectivity index (χ0) is 45.3. The molecule has 0 amide bonds. The first-order chi connectivity index (χ1) is 34.1. The number of para-hydroxylation sites is 4. The highest BCUT2D eigenvalue weighted by Crippen LogP contribution is 2.45. The number of rotatable bonds is 3. The molecule has 10 aromatic carbocycles. The lowest BCUT2D eigenvalue weighted by Crippen LogP contribution is -2.23. The van der Waals surface area contributed by atoms with E-state index in [-0.39, 0.29) is 5.92 Å².